The largest absolute Gasteiger partial charge is 0.335 e. The topological polar surface area (TPSA) is 41.4 Å². The number of nitrogens with zero attached hydrogens (tertiary/aromatic N) is 4. The third kappa shape index (κ3) is 4.19. The number of benzene rings is 1. The fraction of sp³-hybridized carbons (Fsp3) is 0.444. The Hall–Kier alpha value is -1.79. The Balaban J connectivity index is 1.44. The van der Waals surface area contributed by atoms with E-state index in [2.05, 4.69) is 34.3 Å². The van der Waals surface area contributed by atoms with Gasteiger partial charge in [-0.05, 0) is 25.1 Å². The Morgan fingerprint density at radius 2 is 1.88 bits per heavy atom. The van der Waals surface area contributed by atoms with Gasteiger partial charge < -0.3 is 4.90 Å². The van der Waals surface area contributed by atoms with Crippen LogP contribution in [-0.4, -0.2) is 64.0 Å². The fourth-order valence-electron chi connectivity index (χ4n) is 2.96. The second-order valence-electron chi connectivity index (χ2n) is 6.09. The molecule has 1 saturated heterocycles. The maximum Gasteiger partial charge on any atom is 0.272 e. The first-order valence-corrected chi connectivity index (χ1v) is 9.32. The van der Waals surface area contributed by atoms with Crippen molar-refractivity contribution in [3.8, 4) is 0 Å². The average Bonchev–Trinajstić information content (AvgIpc) is 2.94. The van der Waals surface area contributed by atoms with Crippen molar-refractivity contribution in [3.63, 3.8) is 0 Å². The molecule has 0 unspecified atom stereocenters. The molecule has 6 heteroatoms. The number of amides is 1. The zero-order valence-electron chi connectivity index (χ0n) is 14.3. The quantitative estimate of drug-likeness (QED) is 0.781. The van der Waals surface area contributed by atoms with Crippen molar-refractivity contribution in [1.29, 1.82) is 0 Å². The lowest BCUT2D eigenvalue weighted by molar-refractivity contribution is 0.0634. The summed E-state index contributed by atoms with van der Waals surface area (Å²) in [4.78, 5) is 18.3. The molecule has 0 N–H and O–H groups in total. The molecule has 1 aliphatic heterocycles. The molecule has 1 aliphatic rings. The smallest absolute Gasteiger partial charge is 0.272 e. The van der Waals surface area contributed by atoms with E-state index >= 15 is 0 Å². The minimum absolute atomic E-state index is 0.0939. The van der Waals surface area contributed by atoms with Crippen LogP contribution in [0.4, 0.5) is 0 Å². The second-order valence-corrected chi connectivity index (χ2v) is 7.26. The molecule has 2 heterocycles. The highest BCUT2D eigenvalue weighted by Gasteiger charge is 2.24. The highest BCUT2D eigenvalue weighted by atomic mass is 32.2. The standard InChI is InChI=1S/C18H24N4OS/c1-15-14-17(20(2)19-15)18(23)22-10-8-21(9-11-22)12-13-24-16-6-4-3-5-7-16/h3-7,14H,8-13H2,1-2H3. The van der Waals surface area contributed by atoms with Crippen LogP contribution in [-0.2, 0) is 7.05 Å². The third-order valence-electron chi connectivity index (χ3n) is 4.30. The van der Waals surface area contributed by atoms with Crippen molar-refractivity contribution in [2.75, 3.05) is 38.5 Å². The van der Waals surface area contributed by atoms with E-state index in [4.69, 9.17) is 0 Å². The molecule has 128 valence electrons. The summed E-state index contributed by atoms with van der Waals surface area (Å²) in [6.07, 6.45) is 0. The molecule has 3 rings (SSSR count). The fourth-order valence-corrected chi connectivity index (χ4v) is 3.89. The van der Waals surface area contributed by atoms with Gasteiger partial charge in [-0.3, -0.25) is 14.4 Å². The number of carbonyl (C=O) groups excluding carboxylic acids is 1. The molecule has 0 saturated carbocycles. The van der Waals surface area contributed by atoms with Gasteiger partial charge in [-0.2, -0.15) is 5.10 Å². The van der Waals surface area contributed by atoms with Crippen LogP contribution in [0, 0.1) is 6.92 Å². The van der Waals surface area contributed by atoms with Gasteiger partial charge in [-0.25, -0.2) is 0 Å². The van der Waals surface area contributed by atoms with E-state index in [9.17, 15) is 4.79 Å². The zero-order valence-corrected chi connectivity index (χ0v) is 15.1. The Bertz CT molecular complexity index is 678. The van der Waals surface area contributed by atoms with Gasteiger partial charge in [0.2, 0.25) is 0 Å². The van der Waals surface area contributed by atoms with Crippen LogP contribution < -0.4 is 0 Å². The molecule has 24 heavy (non-hydrogen) atoms. The monoisotopic (exact) mass is 344 g/mol. The summed E-state index contributed by atoms with van der Waals surface area (Å²) in [6, 6.07) is 12.4. The van der Waals surface area contributed by atoms with Crippen LogP contribution in [0.25, 0.3) is 0 Å². The number of aromatic nitrogens is 2. The van der Waals surface area contributed by atoms with E-state index in [1.54, 1.807) is 4.68 Å². The number of carbonyl (C=O) groups is 1. The van der Waals surface area contributed by atoms with Gasteiger partial charge in [0, 0.05) is 50.4 Å². The molecule has 0 bridgehead atoms. The predicted octanol–water partition coefficient (Wildman–Crippen LogP) is 2.28. The summed E-state index contributed by atoms with van der Waals surface area (Å²) in [7, 11) is 1.83. The van der Waals surface area contributed by atoms with Crippen molar-refractivity contribution < 1.29 is 4.79 Å². The van der Waals surface area contributed by atoms with Gasteiger partial charge >= 0.3 is 0 Å². The van der Waals surface area contributed by atoms with E-state index in [-0.39, 0.29) is 5.91 Å². The van der Waals surface area contributed by atoms with Gasteiger partial charge in [0.1, 0.15) is 5.69 Å². The molecule has 0 radical (unpaired) electrons. The van der Waals surface area contributed by atoms with Gasteiger partial charge in [0.15, 0.2) is 0 Å². The summed E-state index contributed by atoms with van der Waals surface area (Å²) in [6.45, 7) is 6.44. The van der Waals surface area contributed by atoms with E-state index in [0.29, 0.717) is 5.69 Å². The molecule has 0 spiro atoms. The summed E-state index contributed by atoms with van der Waals surface area (Å²) >= 11 is 1.89. The van der Waals surface area contributed by atoms with Crippen molar-refractivity contribution in [2.45, 2.75) is 11.8 Å². The third-order valence-corrected chi connectivity index (χ3v) is 5.29. The Morgan fingerprint density at radius 3 is 2.50 bits per heavy atom. The highest BCUT2D eigenvalue weighted by molar-refractivity contribution is 7.99. The van der Waals surface area contributed by atoms with Crippen LogP contribution in [0.2, 0.25) is 0 Å². The summed E-state index contributed by atoms with van der Waals surface area (Å²) in [5.74, 6) is 1.18. The van der Waals surface area contributed by atoms with Gasteiger partial charge in [-0.1, -0.05) is 18.2 Å². The minimum atomic E-state index is 0.0939. The van der Waals surface area contributed by atoms with E-state index < -0.39 is 0 Å². The lowest BCUT2D eigenvalue weighted by atomic mass is 10.2. The molecule has 1 amide bonds. The SMILES string of the molecule is Cc1cc(C(=O)N2CCN(CCSc3ccccc3)CC2)n(C)n1. The van der Waals surface area contributed by atoms with Gasteiger partial charge in [-0.15, -0.1) is 11.8 Å². The Labute approximate surface area is 147 Å². The number of hydrogen-bond donors (Lipinski definition) is 0. The lowest BCUT2D eigenvalue weighted by Crippen LogP contribution is -2.49. The molecule has 2 aromatic rings. The predicted molar refractivity (Wildman–Crippen MR) is 97.5 cm³/mol. The summed E-state index contributed by atoms with van der Waals surface area (Å²) < 4.78 is 1.68. The number of thioether (sulfide) groups is 1. The molecule has 1 fully saturated rings. The molecule has 1 aromatic carbocycles. The first-order chi connectivity index (χ1) is 11.6. The minimum Gasteiger partial charge on any atom is -0.335 e. The number of aryl methyl sites for hydroxylation is 2. The molecule has 1 aromatic heterocycles. The molecular weight excluding hydrogens is 320 g/mol. The van der Waals surface area contributed by atoms with Crippen LogP contribution in [0.3, 0.4) is 0 Å². The molecule has 0 atom stereocenters. The molecule has 0 aliphatic carbocycles. The normalized spacial score (nSPS) is 15.7. The van der Waals surface area contributed by atoms with Gasteiger partial charge in [0.05, 0.1) is 5.69 Å². The second kappa shape index (κ2) is 7.85. The lowest BCUT2D eigenvalue weighted by Gasteiger charge is -2.34. The Kier molecular flexibility index (Phi) is 5.58. The van der Waals surface area contributed by atoms with Crippen molar-refractivity contribution in [1.82, 2.24) is 19.6 Å². The summed E-state index contributed by atoms with van der Waals surface area (Å²) in [5.41, 5.74) is 1.57. The first-order valence-electron chi connectivity index (χ1n) is 8.33. The van der Waals surface area contributed by atoms with E-state index in [0.717, 1.165) is 44.2 Å². The zero-order chi connectivity index (χ0) is 16.9. The van der Waals surface area contributed by atoms with Crippen LogP contribution >= 0.6 is 11.8 Å². The maximum absolute atomic E-state index is 12.6. The van der Waals surface area contributed by atoms with E-state index in [1.807, 2.05) is 42.8 Å². The van der Waals surface area contributed by atoms with Crippen molar-refractivity contribution in [2.24, 2.45) is 7.05 Å². The Morgan fingerprint density at radius 1 is 1.17 bits per heavy atom. The molecule has 5 nitrogen and oxygen atoms in total. The number of piperazine rings is 1. The highest BCUT2D eigenvalue weighted by Crippen LogP contribution is 2.17. The van der Waals surface area contributed by atoms with Crippen LogP contribution in [0.5, 0.6) is 0 Å². The average molecular weight is 344 g/mol. The first kappa shape index (κ1) is 17.0. The number of rotatable bonds is 5. The maximum atomic E-state index is 12.6. The van der Waals surface area contributed by atoms with Crippen molar-refractivity contribution in [3.05, 3.63) is 47.8 Å². The number of hydrogen-bond acceptors (Lipinski definition) is 4. The van der Waals surface area contributed by atoms with Crippen molar-refractivity contribution >= 4 is 17.7 Å². The summed E-state index contributed by atoms with van der Waals surface area (Å²) in [5, 5.41) is 4.27. The van der Waals surface area contributed by atoms with Gasteiger partial charge in [0.25, 0.3) is 5.91 Å². The van der Waals surface area contributed by atoms with E-state index in [1.165, 1.54) is 4.90 Å². The van der Waals surface area contributed by atoms with Crippen LogP contribution in [0.1, 0.15) is 16.2 Å². The molecular formula is C18H24N4OS. The van der Waals surface area contributed by atoms with Crippen LogP contribution in [0.15, 0.2) is 41.3 Å².